The maximum atomic E-state index is 13.2. The molecule has 0 aliphatic carbocycles. The van der Waals surface area contributed by atoms with Gasteiger partial charge in [0.2, 0.25) is 0 Å². The lowest BCUT2D eigenvalue weighted by molar-refractivity contribution is 0.0940. The van der Waals surface area contributed by atoms with Crippen molar-refractivity contribution in [2.45, 2.75) is 46.6 Å². The summed E-state index contributed by atoms with van der Waals surface area (Å²) in [5, 5.41) is 18.1. The maximum Gasteiger partial charge on any atom is 0.251 e. The molecular formula is C24H26N6OS. The Labute approximate surface area is 191 Å². The second-order valence-corrected chi connectivity index (χ2v) is 9.15. The number of tetrazole rings is 1. The Morgan fingerprint density at radius 1 is 1.03 bits per heavy atom. The number of carbonyl (C=O) groups excluding carboxylic acids is 1. The number of rotatable bonds is 6. The molecule has 2 heterocycles. The van der Waals surface area contributed by atoms with Gasteiger partial charge in [0.05, 0.1) is 11.7 Å². The lowest BCUT2D eigenvalue weighted by Gasteiger charge is -2.15. The fourth-order valence-electron chi connectivity index (χ4n) is 3.43. The SMILES string of the molecule is Cc1ccc(-c2cc(C(=O)NC(C)c3nc(C)cs3)cc(-n3nnnc3C(C)C)c2)cc1. The molecule has 1 unspecified atom stereocenters. The van der Waals surface area contributed by atoms with Crippen molar-refractivity contribution in [2.24, 2.45) is 0 Å². The second kappa shape index (κ2) is 9.00. The van der Waals surface area contributed by atoms with Crippen LogP contribution in [0.2, 0.25) is 0 Å². The minimum absolute atomic E-state index is 0.137. The molecule has 0 saturated heterocycles. The first kappa shape index (κ1) is 21.8. The molecule has 164 valence electrons. The van der Waals surface area contributed by atoms with Crippen LogP contribution in [0, 0.1) is 13.8 Å². The van der Waals surface area contributed by atoms with Crippen LogP contribution >= 0.6 is 11.3 Å². The van der Waals surface area contributed by atoms with Crippen molar-refractivity contribution >= 4 is 17.2 Å². The maximum absolute atomic E-state index is 13.2. The first-order valence-electron chi connectivity index (χ1n) is 10.6. The predicted octanol–water partition coefficient (Wildman–Crippen LogP) is 5.02. The Morgan fingerprint density at radius 2 is 1.78 bits per heavy atom. The number of amides is 1. The van der Waals surface area contributed by atoms with Gasteiger partial charge in [-0.25, -0.2) is 4.98 Å². The second-order valence-electron chi connectivity index (χ2n) is 8.26. The smallest absolute Gasteiger partial charge is 0.251 e. The summed E-state index contributed by atoms with van der Waals surface area (Å²) < 4.78 is 1.70. The van der Waals surface area contributed by atoms with Gasteiger partial charge >= 0.3 is 0 Å². The molecule has 8 heteroatoms. The molecule has 0 aliphatic heterocycles. The van der Waals surface area contributed by atoms with E-state index in [9.17, 15) is 4.79 Å². The zero-order valence-corrected chi connectivity index (χ0v) is 19.6. The summed E-state index contributed by atoms with van der Waals surface area (Å²) in [6.07, 6.45) is 0. The minimum Gasteiger partial charge on any atom is -0.343 e. The molecule has 0 saturated carbocycles. The highest BCUT2D eigenvalue weighted by molar-refractivity contribution is 7.09. The molecule has 0 fully saturated rings. The third-order valence-corrected chi connectivity index (χ3v) is 6.32. The largest absolute Gasteiger partial charge is 0.343 e. The molecule has 4 aromatic rings. The van der Waals surface area contributed by atoms with Gasteiger partial charge in [-0.05, 0) is 60.5 Å². The molecule has 0 bridgehead atoms. The van der Waals surface area contributed by atoms with Crippen molar-refractivity contribution in [3.63, 3.8) is 0 Å². The van der Waals surface area contributed by atoms with Crippen LogP contribution in [0.4, 0.5) is 0 Å². The number of benzene rings is 2. The number of hydrogen-bond donors (Lipinski definition) is 1. The lowest BCUT2D eigenvalue weighted by atomic mass is 10.0. The highest BCUT2D eigenvalue weighted by Gasteiger charge is 2.18. The van der Waals surface area contributed by atoms with E-state index in [-0.39, 0.29) is 17.9 Å². The normalized spacial score (nSPS) is 12.2. The molecule has 0 spiro atoms. The fraction of sp³-hybridized carbons (Fsp3) is 0.292. The zero-order chi connectivity index (χ0) is 22.8. The molecule has 1 N–H and O–H groups in total. The van der Waals surface area contributed by atoms with Gasteiger partial charge in [0, 0.05) is 22.6 Å². The molecule has 0 aliphatic rings. The van der Waals surface area contributed by atoms with Crippen LogP contribution in [-0.4, -0.2) is 31.1 Å². The van der Waals surface area contributed by atoms with Gasteiger partial charge in [-0.3, -0.25) is 4.79 Å². The van der Waals surface area contributed by atoms with E-state index in [4.69, 9.17) is 0 Å². The van der Waals surface area contributed by atoms with E-state index < -0.39 is 0 Å². The molecule has 1 atom stereocenters. The number of aromatic nitrogens is 5. The molecule has 4 rings (SSSR count). The number of aryl methyl sites for hydroxylation is 2. The quantitative estimate of drug-likeness (QED) is 0.450. The van der Waals surface area contributed by atoms with E-state index >= 15 is 0 Å². The third kappa shape index (κ3) is 4.60. The topological polar surface area (TPSA) is 85.6 Å². The molecule has 2 aromatic carbocycles. The molecule has 1 amide bonds. The average molecular weight is 447 g/mol. The van der Waals surface area contributed by atoms with Crippen LogP contribution in [0.5, 0.6) is 0 Å². The predicted molar refractivity (Wildman–Crippen MR) is 126 cm³/mol. The summed E-state index contributed by atoms with van der Waals surface area (Å²) in [4.78, 5) is 17.7. The van der Waals surface area contributed by atoms with Crippen molar-refractivity contribution < 1.29 is 4.79 Å². The standard InChI is InChI=1S/C24H26N6OS/c1-14(2)22-27-28-29-30(22)21-11-19(18-8-6-15(3)7-9-18)10-20(12-21)23(31)26-17(5)24-25-16(4)13-32-24/h6-14,17H,1-5H3,(H,26,31). The average Bonchev–Trinajstić information content (AvgIpc) is 3.43. The summed E-state index contributed by atoms with van der Waals surface area (Å²) in [5.74, 6) is 0.710. The first-order chi connectivity index (χ1) is 15.3. The summed E-state index contributed by atoms with van der Waals surface area (Å²) >= 11 is 1.55. The fourth-order valence-corrected chi connectivity index (χ4v) is 4.23. The van der Waals surface area contributed by atoms with Crippen molar-refractivity contribution in [3.05, 3.63) is 75.5 Å². The number of carbonyl (C=O) groups is 1. The third-order valence-electron chi connectivity index (χ3n) is 5.17. The summed E-state index contributed by atoms with van der Waals surface area (Å²) in [6, 6.07) is 13.8. The van der Waals surface area contributed by atoms with Crippen LogP contribution in [0.15, 0.2) is 47.8 Å². The zero-order valence-electron chi connectivity index (χ0n) is 18.8. The van der Waals surface area contributed by atoms with Crippen molar-refractivity contribution in [1.82, 2.24) is 30.5 Å². The van der Waals surface area contributed by atoms with Crippen LogP contribution < -0.4 is 5.32 Å². The molecule has 0 radical (unpaired) electrons. The highest BCUT2D eigenvalue weighted by atomic mass is 32.1. The Hall–Kier alpha value is -3.39. The van der Waals surface area contributed by atoms with E-state index in [1.54, 1.807) is 16.0 Å². The summed E-state index contributed by atoms with van der Waals surface area (Å²) in [5.41, 5.74) is 5.38. The van der Waals surface area contributed by atoms with Gasteiger partial charge in [-0.2, -0.15) is 4.68 Å². The van der Waals surface area contributed by atoms with E-state index in [2.05, 4.69) is 57.0 Å². The lowest BCUT2D eigenvalue weighted by Crippen LogP contribution is -2.26. The Bertz CT molecular complexity index is 1240. The molecular weight excluding hydrogens is 420 g/mol. The summed E-state index contributed by atoms with van der Waals surface area (Å²) in [6.45, 7) is 10.0. The van der Waals surface area contributed by atoms with Gasteiger partial charge in [0.25, 0.3) is 5.91 Å². The Balaban J connectivity index is 1.75. The number of hydrogen-bond acceptors (Lipinski definition) is 6. The molecule has 2 aromatic heterocycles. The number of thiazole rings is 1. The highest BCUT2D eigenvalue weighted by Crippen LogP contribution is 2.27. The van der Waals surface area contributed by atoms with Crippen molar-refractivity contribution in [1.29, 1.82) is 0 Å². The van der Waals surface area contributed by atoms with Crippen LogP contribution in [0.3, 0.4) is 0 Å². The van der Waals surface area contributed by atoms with Gasteiger partial charge in [-0.1, -0.05) is 43.7 Å². The molecule has 7 nitrogen and oxygen atoms in total. The Morgan fingerprint density at radius 3 is 2.44 bits per heavy atom. The van der Waals surface area contributed by atoms with Gasteiger partial charge in [0.1, 0.15) is 5.01 Å². The van der Waals surface area contributed by atoms with Crippen LogP contribution in [0.25, 0.3) is 16.8 Å². The van der Waals surface area contributed by atoms with Crippen molar-refractivity contribution in [2.75, 3.05) is 0 Å². The van der Waals surface area contributed by atoms with Crippen LogP contribution in [-0.2, 0) is 0 Å². The first-order valence-corrected chi connectivity index (χ1v) is 11.4. The van der Waals surface area contributed by atoms with E-state index in [0.717, 1.165) is 33.3 Å². The van der Waals surface area contributed by atoms with Crippen molar-refractivity contribution in [3.8, 4) is 16.8 Å². The molecule has 32 heavy (non-hydrogen) atoms. The number of nitrogens with one attached hydrogen (secondary N) is 1. The minimum atomic E-state index is -0.188. The number of nitrogens with zero attached hydrogens (tertiary/aromatic N) is 5. The van der Waals surface area contributed by atoms with E-state index in [1.165, 1.54) is 5.56 Å². The monoisotopic (exact) mass is 446 g/mol. The summed E-state index contributed by atoms with van der Waals surface area (Å²) in [7, 11) is 0. The van der Waals surface area contributed by atoms with Crippen LogP contribution in [0.1, 0.15) is 65.2 Å². The van der Waals surface area contributed by atoms with E-state index in [1.807, 2.05) is 51.3 Å². The Kier molecular flexibility index (Phi) is 6.14. The van der Waals surface area contributed by atoms with Gasteiger partial charge in [-0.15, -0.1) is 16.4 Å². The van der Waals surface area contributed by atoms with Gasteiger partial charge < -0.3 is 5.32 Å². The van der Waals surface area contributed by atoms with Gasteiger partial charge in [0.15, 0.2) is 5.82 Å². The van der Waals surface area contributed by atoms with E-state index in [0.29, 0.717) is 5.56 Å².